The highest BCUT2D eigenvalue weighted by Crippen LogP contribution is 2.16. The number of amides is 2. The van der Waals surface area contributed by atoms with Crippen LogP contribution in [-0.4, -0.2) is 58.9 Å². The number of carbonyl (C=O) groups is 2. The van der Waals surface area contributed by atoms with Crippen molar-refractivity contribution in [3.63, 3.8) is 0 Å². The molecule has 8 heteroatoms. The number of aromatic nitrogens is 2. The minimum Gasteiger partial charge on any atom is -0.346 e. The number of halogens is 1. The highest BCUT2D eigenvalue weighted by atomic mass is 19.1. The number of fused-ring (bicyclic) bond motifs is 1. The molecule has 0 bridgehead atoms. The Bertz CT molecular complexity index is 520. The first kappa shape index (κ1) is 11.8. The quantitative estimate of drug-likeness (QED) is 0.643. The van der Waals surface area contributed by atoms with Crippen molar-refractivity contribution < 1.29 is 14.0 Å². The van der Waals surface area contributed by atoms with Crippen LogP contribution in [0.15, 0.2) is 12.4 Å². The Morgan fingerprint density at radius 3 is 2.74 bits per heavy atom. The number of anilines is 1. The summed E-state index contributed by atoms with van der Waals surface area (Å²) in [5, 5.41) is 2.55. The van der Waals surface area contributed by atoms with E-state index in [9.17, 15) is 14.0 Å². The van der Waals surface area contributed by atoms with Crippen molar-refractivity contribution in [1.82, 2.24) is 20.2 Å². The predicted molar refractivity (Wildman–Crippen MR) is 62.7 cm³/mol. The molecule has 1 unspecified atom stereocenters. The number of nitrogens with zero attached hydrogens (tertiary/aromatic N) is 4. The molecule has 1 aromatic heterocycles. The van der Waals surface area contributed by atoms with Gasteiger partial charge in [-0.15, -0.1) is 0 Å². The third-order valence-electron chi connectivity index (χ3n) is 3.33. The molecule has 1 aromatic rings. The zero-order valence-electron chi connectivity index (χ0n) is 10.0. The molecule has 0 saturated carbocycles. The molecule has 0 radical (unpaired) electrons. The molecule has 1 atom stereocenters. The number of carbonyl (C=O) groups excluding carboxylic acids is 2. The summed E-state index contributed by atoms with van der Waals surface area (Å²) >= 11 is 0. The largest absolute Gasteiger partial charge is 0.346 e. The maximum Gasteiger partial charge on any atom is 0.312 e. The molecule has 3 heterocycles. The van der Waals surface area contributed by atoms with E-state index in [2.05, 4.69) is 15.3 Å². The topological polar surface area (TPSA) is 78.4 Å². The smallest absolute Gasteiger partial charge is 0.312 e. The van der Waals surface area contributed by atoms with Crippen LogP contribution in [0.4, 0.5) is 10.3 Å². The van der Waals surface area contributed by atoms with E-state index < -0.39 is 17.6 Å². The van der Waals surface area contributed by atoms with Gasteiger partial charge in [0, 0.05) is 26.2 Å². The van der Waals surface area contributed by atoms with E-state index in [4.69, 9.17) is 0 Å². The van der Waals surface area contributed by atoms with Crippen LogP contribution in [0.25, 0.3) is 0 Å². The van der Waals surface area contributed by atoms with Crippen LogP contribution < -0.4 is 10.2 Å². The number of piperazine rings is 2. The molecule has 2 aliphatic rings. The maximum atomic E-state index is 12.8. The molecule has 100 valence electrons. The van der Waals surface area contributed by atoms with Crippen LogP contribution >= 0.6 is 0 Å². The van der Waals surface area contributed by atoms with Gasteiger partial charge in [-0.1, -0.05) is 0 Å². The minimum atomic E-state index is -0.553. The average Bonchev–Trinajstić information content (AvgIpc) is 2.43. The van der Waals surface area contributed by atoms with Crippen LogP contribution in [0, 0.1) is 5.82 Å². The molecule has 2 aliphatic heterocycles. The van der Waals surface area contributed by atoms with E-state index in [1.165, 1.54) is 0 Å². The van der Waals surface area contributed by atoms with Gasteiger partial charge in [0.15, 0.2) is 5.82 Å². The van der Waals surface area contributed by atoms with Gasteiger partial charge in [-0.3, -0.25) is 9.59 Å². The van der Waals surface area contributed by atoms with Crippen molar-refractivity contribution in [2.75, 3.05) is 31.1 Å². The van der Waals surface area contributed by atoms with Crippen molar-refractivity contribution in [2.24, 2.45) is 0 Å². The molecule has 2 fully saturated rings. The van der Waals surface area contributed by atoms with Crippen LogP contribution in [-0.2, 0) is 9.59 Å². The Kier molecular flexibility index (Phi) is 2.77. The Balaban J connectivity index is 1.74. The predicted octanol–water partition coefficient (Wildman–Crippen LogP) is -1.24. The van der Waals surface area contributed by atoms with Crippen LogP contribution in [0.3, 0.4) is 0 Å². The van der Waals surface area contributed by atoms with E-state index >= 15 is 0 Å². The van der Waals surface area contributed by atoms with E-state index in [-0.39, 0.29) is 6.04 Å². The first-order chi connectivity index (χ1) is 9.15. The van der Waals surface area contributed by atoms with Crippen molar-refractivity contribution in [1.29, 1.82) is 0 Å². The summed E-state index contributed by atoms with van der Waals surface area (Å²) in [4.78, 5) is 34.2. The standard InChI is InChI=1S/C11H12FN5O2/c12-7-3-14-11(15-4-7)16-1-2-17-8(6-16)5-13-9(18)10(17)19/h3-4,8H,1-2,5-6H2,(H,13,18). The molecule has 7 nitrogen and oxygen atoms in total. The van der Waals surface area contributed by atoms with Crippen LogP contribution in [0.5, 0.6) is 0 Å². The van der Waals surface area contributed by atoms with Gasteiger partial charge >= 0.3 is 11.8 Å². The molecule has 0 spiro atoms. The summed E-state index contributed by atoms with van der Waals surface area (Å²) < 4.78 is 12.8. The molecule has 3 rings (SSSR count). The Hall–Kier alpha value is -2.25. The summed E-state index contributed by atoms with van der Waals surface area (Å²) in [7, 11) is 0. The second-order valence-electron chi connectivity index (χ2n) is 4.51. The van der Waals surface area contributed by atoms with Crippen molar-refractivity contribution >= 4 is 17.8 Å². The van der Waals surface area contributed by atoms with Gasteiger partial charge in [-0.05, 0) is 0 Å². The SMILES string of the molecule is O=C1NCC2CN(c3ncc(F)cn3)CCN2C1=O. The zero-order valence-corrected chi connectivity index (χ0v) is 10.0. The fourth-order valence-electron chi connectivity index (χ4n) is 2.36. The number of rotatable bonds is 1. The molecule has 0 aliphatic carbocycles. The number of nitrogens with one attached hydrogen (secondary N) is 1. The van der Waals surface area contributed by atoms with Crippen LogP contribution in [0.2, 0.25) is 0 Å². The first-order valence-corrected chi connectivity index (χ1v) is 5.96. The first-order valence-electron chi connectivity index (χ1n) is 5.96. The second kappa shape index (κ2) is 4.45. The van der Waals surface area contributed by atoms with E-state index in [0.717, 1.165) is 12.4 Å². The molecular weight excluding hydrogens is 253 g/mol. The van der Waals surface area contributed by atoms with Gasteiger partial charge < -0.3 is 15.1 Å². The van der Waals surface area contributed by atoms with Gasteiger partial charge in [-0.2, -0.15) is 0 Å². The monoisotopic (exact) mass is 265 g/mol. The number of hydrogen-bond acceptors (Lipinski definition) is 5. The normalized spacial score (nSPS) is 23.1. The van der Waals surface area contributed by atoms with Gasteiger partial charge in [0.25, 0.3) is 0 Å². The Labute approximate surface area is 108 Å². The van der Waals surface area contributed by atoms with Gasteiger partial charge in [0.1, 0.15) is 0 Å². The molecule has 1 N–H and O–H groups in total. The van der Waals surface area contributed by atoms with Crippen LogP contribution in [0.1, 0.15) is 0 Å². The third kappa shape index (κ3) is 2.09. The lowest BCUT2D eigenvalue weighted by atomic mass is 10.1. The molecule has 19 heavy (non-hydrogen) atoms. The van der Waals surface area contributed by atoms with Crippen molar-refractivity contribution in [3.05, 3.63) is 18.2 Å². The average molecular weight is 265 g/mol. The van der Waals surface area contributed by atoms with Crippen molar-refractivity contribution in [2.45, 2.75) is 6.04 Å². The molecule has 2 saturated heterocycles. The highest BCUT2D eigenvalue weighted by Gasteiger charge is 2.38. The van der Waals surface area contributed by atoms with Gasteiger partial charge in [-0.25, -0.2) is 14.4 Å². The summed E-state index contributed by atoms with van der Waals surface area (Å²) in [6.45, 7) is 1.92. The van der Waals surface area contributed by atoms with Crippen molar-refractivity contribution in [3.8, 4) is 0 Å². The summed E-state index contributed by atoms with van der Waals surface area (Å²) in [5.74, 6) is -1.09. The summed E-state index contributed by atoms with van der Waals surface area (Å²) in [6, 6.07) is -0.0902. The third-order valence-corrected chi connectivity index (χ3v) is 3.33. The fourth-order valence-corrected chi connectivity index (χ4v) is 2.36. The maximum absolute atomic E-state index is 12.8. The zero-order chi connectivity index (χ0) is 13.4. The number of hydrogen-bond donors (Lipinski definition) is 1. The summed E-state index contributed by atoms with van der Waals surface area (Å²) in [5.41, 5.74) is 0. The lowest BCUT2D eigenvalue weighted by Crippen LogP contribution is -2.65. The highest BCUT2D eigenvalue weighted by molar-refractivity contribution is 6.35. The summed E-state index contributed by atoms with van der Waals surface area (Å²) in [6.07, 6.45) is 2.23. The Morgan fingerprint density at radius 1 is 1.26 bits per heavy atom. The molecular formula is C11H12FN5O2. The second-order valence-corrected chi connectivity index (χ2v) is 4.51. The fraction of sp³-hybridized carbons (Fsp3) is 0.455. The minimum absolute atomic E-state index is 0.0902. The van der Waals surface area contributed by atoms with E-state index in [1.807, 2.05) is 4.90 Å². The lowest BCUT2D eigenvalue weighted by molar-refractivity contribution is -0.150. The molecule has 0 aromatic carbocycles. The van der Waals surface area contributed by atoms with Gasteiger partial charge in [0.05, 0.1) is 18.4 Å². The molecule has 2 amide bonds. The van der Waals surface area contributed by atoms with E-state index in [1.54, 1.807) is 4.90 Å². The van der Waals surface area contributed by atoms with E-state index in [0.29, 0.717) is 32.1 Å². The lowest BCUT2D eigenvalue weighted by Gasteiger charge is -2.43. The van der Waals surface area contributed by atoms with Gasteiger partial charge in [0.2, 0.25) is 5.95 Å². The Morgan fingerprint density at radius 2 is 2.00 bits per heavy atom.